The van der Waals surface area contributed by atoms with Gasteiger partial charge in [-0.25, -0.2) is 8.42 Å². The molecule has 1 aliphatic rings. The fourth-order valence-corrected chi connectivity index (χ4v) is 4.32. The van der Waals surface area contributed by atoms with Gasteiger partial charge in [0.1, 0.15) is 0 Å². The standard InChI is InChI=1S/C19H22N2O3S/c1-3-21(25(23,24)4-2)17-11-9-16(10-12-17)19(22)20-14-13-15-7-5-6-8-18(15)20/h5-12H,3-4,13-14H2,1-2H3. The van der Waals surface area contributed by atoms with Crippen LogP contribution in [0, 0.1) is 0 Å². The number of amides is 1. The Kier molecular flexibility index (Phi) is 4.81. The molecule has 2 aromatic carbocycles. The average molecular weight is 358 g/mol. The van der Waals surface area contributed by atoms with Gasteiger partial charge in [-0.1, -0.05) is 18.2 Å². The van der Waals surface area contributed by atoms with E-state index in [-0.39, 0.29) is 11.7 Å². The third-order valence-electron chi connectivity index (χ3n) is 4.52. The molecule has 2 aromatic rings. The van der Waals surface area contributed by atoms with Crippen molar-refractivity contribution in [2.75, 3.05) is 28.0 Å². The van der Waals surface area contributed by atoms with Gasteiger partial charge in [0.05, 0.1) is 11.4 Å². The Balaban J connectivity index is 1.85. The van der Waals surface area contributed by atoms with Crippen LogP contribution >= 0.6 is 0 Å². The maximum atomic E-state index is 12.8. The van der Waals surface area contributed by atoms with Gasteiger partial charge in [0.15, 0.2) is 0 Å². The van der Waals surface area contributed by atoms with Gasteiger partial charge in [0.25, 0.3) is 5.91 Å². The molecule has 0 fully saturated rings. The number of rotatable bonds is 5. The number of carbonyl (C=O) groups is 1. The van der Waals surface area contributed by atoms with Crippen molar-refractivity contribution in [3.05, 3.63) is 59.7 Å². The van der Waals surface area contributed by atoms with Crippen LogP contribution in [0.15, 0.2) is 48.5 Å². The van der Waals surface area contributed by atoms with Crippen LogP contribution in [0.3, 0.4) is 0 Å². The first kappa shape index (κ1) is 17.5. The summed E-state index contributed by atoms with van der Waals surface area (Å²) in [6.07, 6.45) is 0.859. The number of fused-ring (bicyclic) bond motifs is 1. The van der Waals surface area contributed by atoms with Crippen LogP contribution in [-0.2, 0) is 16.4 Å². The molecule has 0 N–H and O–H groups in total. The maximum Gasteiger partial charge on any atom is 0.258 e. The summed E-state index contributed by atoms with van der Waals surface area (Å²) in [5.41, 5.74) is 3.28. The fourth-order valence-electron chi connectivity index (χ4n) is 3.17. The van der Waals surface area contributed by atoms with Crippen molar-refractivity contribution in [3.63, 3.8) is 0 Å². The molecule has 132 valence electrons. The molecule has 3 rings (SSSR count). The van der Waals surface area contributed by atoms with Crippen LogP contribution in [0.1, 0.15) is 29.8 Å². The lowest BCUT2D eigenvalue weighted by atomic mass is 10.1. The van der Waals surface area contributed by atoms with E-state index in [1.165, 1.54) is 9.87 Å². The van der Waals surface area contributed by atoms with E-state index in [9.17, 15) is 13.2 Å². The molecule has 0 unspecified atom stereocenters. The van der Waals surface area contributed by atoms with Crippen molar-refractivity contribution >= 4 is 27.3 Å². The number of anilines is 2. The molecular weight excluding hydrogens is 336 g/mol. The summed E-state index contributed by atoms with van der Waals surface area (Å²) < 4.78 is 25.7. The van der Waals surface area contributed by atoms with Crippen molar-refractivity contribution in [2.24, 2.45) is 0 Å². The van der Waals surface area contributed by atoms with Crippen LogP contribution < -0.4 is 9.21 Å². The minimum atomic E-state index is -3.31. The molecule has 0 saturated carbocycles. The Bertz CT molecular complexity index is 876. The summed E-state index contributed by atoms with van der Waals surface area (Å²) in [5.74, 6) is -0.00980. The van der Waals surface area contributed by atoms with E-state index in [4.69, 9.17) is 0 Å². The molecule has 5 nitrogen and oxygen atoms in total. The Labute approximate surface area is 148 Å². The highest BCUT2D eigenvalue weighted by Gasteiger charge is 2.25. The lowest BCUT2D eigenvalue weighted by molar-refractivity contribution is 0.0989. The highest BCUT2D eigenvalue weighted by atomic mass is 32.2. The first-order valence-electron chi connectivity index (χ1n) is 8.48. The average Bonchev–Trinajstić information content (AvgIpc) is 3.06. The van der Waals surface area contributed by atoms with Gasteiger partial charge in [-0.2, -0.15) is 0 Å². The summed E-state index contributed by atoms with van der Waals surface area (Å²) in [5, 5.41) is 0. The Morgan fingerprint density at radius 2 is 1.76 bits per heavy atom. The summed E-state index contributed by atoms with van der Waals surface area (Å²) >= 11 is 0. The second kappa shape index (κ2) is 6.88. The molecule has 0 aliphatic carbocycles. The summed E-state index contributed by atoms with van der Waals surface area (Å²) in [6, 6.07) is 14.7. The van der Waals surface area contributed by atoms with Crippen LogP contribution in [0.4, 0.5) is 11.4 Å². The zero-order valence-corrected chi connectivity index (χ0v) is 15.3. The van der Waals surface area contributed by atoms with Crippen LogP contribution in [0.2, 0.25) is 0 Å². The number of hydrogen-bond donors (Lipinski definition) is 0. The van der Waals surface area contributed by atoms with Gasteiger partial charge in [-0.3, -0.25) is 9.10 Å². The minimum Gasteiger partial charge on any atom is -0.308 e. The summed E-state index contributed by atoms with van der Waals surface area (Å²) in [7, 11) is -3.31. The predicted octanol–water partition coefficient (Wildman–Crippen LogP) is 3.07. The smallest absolute Gasteiger partial charge is 0.258 e. The van der Waals surface area contributed by atoms with Crippen LogP contribution in [0.25, 0.3) is 0 Å². The number of sulfonamides is 1. The Morgan fingerprint density at radius 1 is 1.08 bits per heavy atom. The van der Waals surface area contributed by atoms with Crippen molar-refractivity contribution in [2.45, 2.75) is 20.3 Å². The van der Waals surface area contributed by atoms with E-state index in [2.05, 4.69) is 0 Å². The molecule has 0 atom stereocenters. The molecule has 1 heterocycles. The molecule has 0 radical (unpaired) electrons. The zero-order valence-electron chi connectivity index (χ0n) is 14.5. The van der Waals surface area contributed by atoms with Gasteiger partial charge < -0.3 is 4.90 Å². The number of benzene rings is 2. The van der Waals surface area contributed by atoms with E-state index in [0.29, 0.717) is 24.3 Å². The Hall–Kier alpha value is -2.34. The molecule has 0 saturated heterocycles. The molecule has 6 heteroatoms. The summed E-state index contributed by atoms with van der Waals surface area (Å²) in [4.78, 5) is 14.6. The predicted molar refractivity (Wildman–Crippen MR) is 101 cm³/mol. The third-order valence-corrected chi connectivity index (χ3v) is 6.39. The van der Waals surface area contributed by atoms with Gasteiger partial charge in [0.2, 0.25) is 10.0 Å². The SMILES string of the molecule is CCN(c1ccc(C(=O)N2CCc3ccccc32)cc1)S(=O)(=O)CC. The highest BCUT2D eigenvalue weighted by molar-refractivity contribution is 7.92. The van der Waals surface area contributed by atoms with E-state index >= 15 is 0 Å². The normalized spacial score (nSPS) is 13.6. The maximum absolute atomic E-state index is 12.8. The first-order valence-corrected chi connectivity index (χ1v) is 10.1. The quantitative estimate of drug-likeness (QED) is 0.825. The van der Waals surface area contributed by atoms with Crippen LogP contribution in [0.5, 0.6) is 0 Å². The van der Waals surface area contributed by atoms with Crippen LogP contribution in [-0.4, -0.2) is 33.2 Å². The molecule has 0 spiro atoms. The van der Waals surface area contributed by atoms with Gasteiger partial charge in [-0.15, -0.1) is 0 Å². The molecule has 0 aromatic heterocycles. The zero-order chi connectivity index (χ0) is 18.0. The van der Waals surface area contributed by atoms with Crippen molar-refractivity contribution < 1.29 is 13.2 Å². The number of nitrogens with zero attached hydrogens (tertiary/aromatic N) is 2. The monoisotopic (exact) mass is 358 g/mol. The lowest BCUT2D eigenvalue weighted by Gasteiger charge is -2.22. The number of hydrogen-bond acceptors (Lipinski definition) is 3. The second-order valence-corrected chi connectivity index (χ2v) is 8.13. The van der Waals surface area contributed by atoms with Gasteiger partial charge in [0, 0.05) is 24.3 Å². The van der Waals surface area contributed by atoms with E-state index in [1.54, 1.807) is 43.0 Å². The van der Waals surface area contributed by atoms with Crippen molar-refractivity contribution in [3.8, 4) is 0 Å². The van der Waals surface area contributed by atoms with Gasteiger partial charge in [-0.05, 0) is 56.2 Å². The van der Waals surface area contributed by atoms with E-state index < -0.39 is 10.0 Å². The largest absolute Gasteiger partial charge is 0.308 e. The fraction of sp³-hybridized carbons (Fsp3) is 0.316. The summed E-state index contributed by atoms with van der Waals surface area (Å²) in [6.45, 7) is 4.46. The van der Waals surface area contributed by atoms with Gasteiger partial charge >= 0.3 is 0 Å². The van der Waals surface area contributed by atoms with E-state index in [0.717, 1.165) is 12.1 Å². The van der Waals surface area contributed by atoms with Crippen molar-refractivity contribution in [1.29, 1.82) is 0 Å². The molecule has 25 heavy (non-hydrogen) atoms. The Morgan fingerprint density at radius 3 is 2.40 bits per heavy atom. The van der Waals surface area contributed by atoms with E-state index in [1.807, 2.05) is 24.3 Å². The topological polar surface area (TPSA) is 57.7 Å². The van der Waals surface area contributed by atoms with Crippen molar-refractivity contribution in [1.82, 2.24) is 0 Å². The lowest BCUT2D eigenvalue weighted by Crippen LogP contribution is -2.32. The molecular formula is C19H22N2O3S. The minimum absolute atomic E-state index is 0.0477. The molecule has 1 aliphatic heterocycles. The molecule has 0 bridgehead atoms. The highest BCUT2D eigenvalue weighted by Crippen LogP contribution is 2.29. The second-order valence-electron chi connectivity index (χ2n) is 5.95. The first-order chi connectivity index (χ1) is 12.0. The molecule has 1 amide bonds. The number of para-hydroxylation sites is 1. The number of carbonyl (C=O) groups excluding carboxylic acids is 1. The third kappa shape index (κ3) is 3.26.